The van der Waals surface area contributed by atoms with E-state index in [4.69, 9.17) is 44.4 Å². The summed E-state index contributed by atoms with van der Waals surface area (Å²) in [6, 6.07) is 33.5. The van der Waals surface area contributed by atoms with E-state index in [2.05, 4.69) is 135 Å². The number of aromatic nitrogens is 3. The Labute approximate surface area is 485 Å². The molecule has 1 fully saturated rings. The average molecular weight is 1410 g/mol. The summed E-state index contributed by atoms with van der Waals surface area (Å²) < 4.78 is 17.4. The topological polar surface area (TPSA) is 121 Å². The smallest absolute Gasteiger partial charge is 0.487 e. The lowest BCUT2D eigenvalue weighted by atomic mass is 9.81. The number of hydrogen-bond donors (Lipinski definition) is 1. The van der Waals surface area contributed by atoms with Crippen molar-refractivity contribution >= 4 is 158 Å². The lowest BCUT2D eigenvalue weighted by molar-refractivity contribution is -0.109. The number of fused-ring (bicyclic) bond motifs is 6. The molecule has 378 valence electrons. The number of halogens is 9. The molecule has 0 saturated heterocycles. The van der Waals surface area contributed by atoms with Crippen molar-refractivity contribution < 1.29 is 28.9 Å². The van der Waals surface area contributed by atoms with Crippen LogP contribution in [-0.2, 0) is 30.2 Å². The highest BCUT2D eigenvalue weighted by atomic mass is 80.0. The van der Waals surface area contributed by atoms with E-state index in [9.17, 15) is 14.7 Å². The first-order valence-corrected chi connectivity index (χ1v) is 37.5. The quantitative estimate of drug-likeness (QED) is 0.0571. The van der Waals surface area contributed by atoms with Crippen LogP contribution in [-0.4, -0.2) is 53.1 Å². The molecule has 0 amide bonds. The maximum Gasteiger partial charge on any atom is 0.643 e. The molecule has 3 aromatic carbocycles. The van der Waals surface area contributed by atoms with Crippen LogP contribution in [0.3, 0.4) is 0 Å². The van der Waals surface area contributed by atoms with Gasteiger partial charge in [0.1, 0.15) is 46.7 Å². The van der Waals surface area contributed by atoms with E-state index in [-0.39, 0.29) is 21.0 Å². The Morgan fingerprint density at radius 3 is 1.60 bits per heavy atom. The van der Waals surface area contributed by atoms with Crippen LogP contribution in [0.25, 0.3) is 11.1 Å². The highest BCUT2D eigenvalue weighted by Gasteiger charge is 2.50. The van der Waals surface area contributed by atoms with Crippen molar-refractivity contribution in [2.45, 2.75) is 65.0 Å². The molecule has 0 bridgehead atoms. The van der Waals surface area contributed by atoms with Crippen molar-refractivity contribution in [1.82, 2.24) is 15.0 Å². The number of para-hydroxylation sites is 2. The van der Waals surface area contributed by atoms with Crippen LogP contribution in [0.15, 0.2) is 134 Å². The molecule has 6 aromatic rings. The van der Waals surface area contributed by atoms with E-state index in [1.807, 2.05) is 91.1 Å². The van der Waals surface area contributed by atoms with Crippen molar-refractivity contribution in [1.29, 1.82) is 0 Å². The number of ketones is 1. The van der Waals surface area contributed by atoms with Crippen LogP contribution in [0, 0.1) is 5.92 Å². The number of allylic oxidation sites excluding steroid dienone is 2. The van der Waals surface area contributed by atoms with Gasteiger partial charge in [0.05, 0.1) is 17.1 Å². The molecule has 1 atom stereocenters. The first-order chi connectivity index (χ1) is 34.6. The van der Waals surface area contributed by atoms with Crippen molar-refractivity contribution in [3.63, 3.8) is 0 Å². The summed E-state index contributed by atoms with van der Waals surface area (Å²) in [5.74, 6) is 2.83. The summed E-state index contributed by atoms with van der Waals surface area (Å²) >= 11 is 19.4. The minimum absolute atomic E-state index is 0.0540. The molecule has 0 radical (unpaired) electrons. The summed E-state index contributed by atoms with van der Waals surface area (Å²) in [5, 5.41) is 12.9. The molecule has 1 N–H and O–H groups in total. The number of carbonyl (C=O) groups is 2. The molecule has 20 heteroatoms. The largest absolute Gasteiger partial charge is 0.643 e. The predicted octanol–water partition coefficient (Wildman–Crippen LogP) is 17.1. The highest BCUT2D eigenvalue weighted by molar-refractivity contribution is 9.93. The molecule has 10 rings (SSSR count). The summed E-state index contributed by atoms with van der Waals surface area (Å²) in [7, 11) is 14.8. The van der Waals surface area contributed by atoms with Gasteiger partial charge in [-0.05, 0) is 156 Å². The summed E-state index contributed by atoms with van der Waals surface area (Å²) in [5.41, 5.74) is 10.9. The fourth-order valence-electron chi connectivity index (χ4n) is 7.96. The second-order valence-electron chi connectivity index (χ2n) is 15.8. The monoisotopic (exact) mass is 1400 g/mol. The second-order valence-corrected chi connectivity index (χ2v) is 39.6. The summed E-state index contributed by atoms with van der Waals surface area (Å²) in [6.07, 6.45) is 13.8. The number of pyridine rings is 3. The molecule has 1 aliphatic carbocycles. The molecule has 4 aliphatic rings. The number of carbonyl (C=O) groups excluding carboxylic acids is 2. The molecular formula is C52H48AlBr5Cl4N3O6P. The van der Waals surface area contributed by atoms with Crippen LogP contribution < -0.4 is 14.2 Å². The third kappa shape index (κ3) is 18.0. The fraction of sp³-hybridized carbons (Fsp3) is 0.250. The number of nitrogens with zero attached hydrogens (tertiary/aromatic N) is 3. The standard InChI is InChI=1S/C18H16BrNO2.C16H14BrNO.C16H15NO2.C2H3ClO.Al.Br3P.3ClH/c1-12(21)13-6-7-18-16(10-13)14(4-2-8-19)15-5-3-9-20-17(15)11-22-18;17-9-3-6-12-13-7-4-10-18-15(13)11-19-16-8-2-1-5-14(12)16;18-16(11-7-8-11)12-5-3-9-17-14(12)10-19-15-6-2-1-4-13(15)16;1-2(3)4;;1-4(2)3;;;/h3-7,9-10H,2,8,11H2,1H3;1-2,4-8,10H,3,9,11H2;1-6,9,11,18H,7-8,10H2;1H3;;;3*1H/q;;;;+3;;;;/p-3/b14-4+;12-6+;;;;;;;. The van der Waals surface area contributed by atoms with E-state index in [0.717, 1.165) is 104 Å². The van der Waals surface area contributed by atoms with Crippen molar-refractivity contribution in [3.05, 3.63) is 190 Å². The average Bonchev–Trinajstić information content (AvgIpc) is 4.25. The molecule has 9 nitrogen and oxygen atoms in total. The molecule has 1 unspecified atom stereocenters. The third-order valence-electron chi connectivity index (χ3n) is 11.0. The third-order valence-corrected chi connectivity index (χ3v) is 11.9. The number of rotatable bonds is 6. The predicted molar refractivity (Wildman–Crippen MR) is 315 cm³/mol. The van der Waals surface area contributed by atoms with E-state index in [0.29, 0.717) is 25.4 Å². The van der Waals surface area contributed by atoms with Crippen LogP contribution in [0.2, 0.25) is 0 Å². The van der Waals surface area contributed by atoms with Crippen molar-refractivity contribution in [3.8, 4) is 17.2 Å². The minimum Gasteiger partial charge on any atom is -0.487 e. The maximum atomic E-state index is 11.7. The zero-order valence-electron chi connectivity index (χ0n) is 38.9. The van der Waals surface area contributed by atoms with Crippen molar-refractivity contribution in [2.24, 2.45) is 5.92 Å². The lowest BCUT2D eigenvalue weighted by Crippen LogP contribution is -2.30. The van der Waals surface area contributed by atoms with Gasteiger partial charge in [0, 0.05) is 75.1 Å². The number of hydrogen-bond acceptors (Lipinski definition) is 9. The zero-order chi connectivity index (χ0) is 52.2. The Morgan fingerprint density at radius 2 is 1.07 bits per heavy atom. The number of aliphatic hydroxyl groups is 1. The molecule has 3 aliphatic heterocycles. The van der Waals surface area contributed by atoms with Crippen LogP contribution in [0.1, 0.15) is 100 Å². The molecule has 6 heterocycles. The van der Waals surface area contributed by atoms with Crippen molar-refractivity contribution in [2.75, 3.05) is 10.7 Å². The first kappa shape index (κ1) is 60.7. The fourth-order valence-corrected chi connectivity index (χ4v) is 8.41. The van der Waals surface area contributed by atoms with Crippen LogP contribution in [0.4, 0.5) is 0 Å². The first-order valence-electron chi connectivity index (χ1n) is 22.3. The minimum atomic E-state index is -1.72. The van der Waals surface area contributed by atoms with Gasteiger partial charge in [0.25, 0.3) is 0 Å². The second kappa shape index (κ2) is 31.1. The number of ether oxygens (including phenoxy) is 3. The number of benzene rings is 3. The van der Waals surface area contributed by atoms with Crippen LogP contribution >= 0.6 is 124 Å². The van der Waals surface area contributed by atoms with Gasteiger partial charge in [-0.25, -0.2) is 30.1 Å². The van der Waals surface area contributed by atoms with E-state index in [1.54, 1.807) is 19.3 Å². The van der Waals surface area contributed by atoms with Gasteiger partial charge in [-0.15, -0.1) is 0 Å². The number of alkyl halides is 2. The normalized spacial score (nSPS) is 16.3. The van der Waals surface area contributed by atoms with Gasteiger partial charge in [-0.3, -0.25) is 24.5 Å². The molecule has 3 aromatic heterocycles. The van der Waals surface area contributed by atoms with Gasteiger partial charge >= 0.3 is 11.4 Å². The zero-order valence-corrected chi connectivity index (χ0v) is 51.9. The van der Waals surface area contributed by atoms with E-state index >= 15 is 0 Å². The summed E-state index contributed by atoms with van der Waals surface area (Å²) in [6.45, 7) is 4.26. The van der Waals surface area contributed by atoms with Gasteiger partial charge < -0.3 is 19.3 Å². The van der Waals surface area contributed by atoms with Gasteiger partial charge in [-0.1, -0.05) is 98.6 Å². The summed E-state index contributed by atoms with van der Waals surface area (Å²) in [4.78, 5) is 34.2. The Morgan fingerprint density at radius 1 is 0.653 bits per heavy atom. The Hall–Kier alpha value is -2.19. The maximum absolute atomic E-state index is 11.7. The van der Waals surface area contributed by atoms with E-state index < -0.39 is 17.0 Å². The van der Waals surface area contributed by atoms with Gasteiger partial charge in [0.15, 0.2) is 5.78 Å². The number of Topliss-reactive ketones (excluding diaryl/α,β-unsaturated/α-hetero) is 1. The van der Waals surface area contributed by atoms with Gasteiger partial charge in [-0.2, -0.15) is 0 Å². The molecule has 1 saturated carbocycles. The molecule has 72 heavy (non-hydrogen) atoms. The lowest BCUT2D eigenvalue weighted by Gasteiger charge is -2.29. The Balaban J connectivity index is 0.000000180. The van der Waals surface area contributed by atoms with E-state index in [1.165, 1.54) is 18.1 Å². The molecular weight excluding hydrogens is 1360 g/mol. The SMILES string of the molecule is BrCC/C=C1/c2ccccc2OCc2ncccc21.BrP(Br)Br.CC(=O)Cl.CC(=O)c1ccc2c(c1)/C(=C/CCBr)c1cccnc1CO2.OC1(C2CC2)c2ccccc2OCc2ncccc21.[Cl][Al]([Cl])[Cl]. The van der Waals surface area contributed by atoms with Crippen LogP contribution in [0.5, 0.6) is 17.2 Å². The van der Waals surface area contributed by atoms with Gasteiger partial charge in [0.2, 0.25) is 5.24 Å². The highest BCUT2D eigenvalue weighted by Crippen LogP contribution is 2.59. The molecule has 0 spiro atoms. The Bertz CT molecular complexity index is 2720. The Kier molecular flexibility index (Phi) is 26.2.